The maximum atomic E-state index is 12.2. The molecule has 2 aliphatic rings. The van der Waals surface area contributed by atoms with Gasteiger partial charge < -0.3 is 19.9 Å². The fourth-order valence-corrected chi connectivity index (χ4v) is 4.30. The molecule has 1 unspecified atom stereocenters. The molecular formula is C23H36N2O4. The van der Waals surface area contributed by atoms with Gasteiger partial charge in [-0.3, -0.25) is 9.69 Å². The molecular weight excluding hydrogens is 368 g/mol. The maximum absolute atomic E-state index is 12.2. The van der Waals surface area contributed by atoms with Crippen molar-refractivity contribution < 1.29 is 19.4 Å². The van der Waals surface area contributed by atoms with E-state index in [1.54, 1.807) is 0 Å². The number of nitrogens with one attached hydrogen (secondary N) is 1. The molecule has 2 aliphatic heterocycles. The number of carbonyl (C=O) groups excluding carboxylic acids is 1. The van der Waals surface area contributed by atoms with Gasteiger partial charge >= 0.3 is 0 Å². The number of amides is 1. The van der Waals surface area contributed by atoms with Crippen molar-refractivity contribution in [2.75, 3.05) is 33.4 Å². The van der Waals surface area contributed by atoms with Crippen LogP contribution in [0.5, 0.6) is 11.5 Å². The van der Waals surface area contributed by atoms with Gasteiger partial charge in [0.1, 0.15) is 13.2 Å². The number of hydrogen-bond donors (Lipinski definition) is 2. The highest BCUT2D eigenvalue weighted by molar-refractivity contribution is 5.75. The number of hydrogen-bond acceptors (Lipinski definition) is 5. The van der Waals surface area contributed by atoms with Gasteiger partial charge in [-0.2, -0.15) is 0 Å². The van der Waals surface area contributed by atoms with E-state index in [9.17, 15) is 9.90 Å². The summed E-state index contributed by atoms with van der Waals surface area (Å²) in [6, 6.07) is 4.18. The van der Waals surface area contributed by atoms with Gasteiger partial charge in [-0.25, -0.2) is 0 Å². The summed E-state index contributed by atoms with van der Waals surface area (Å²) in [5, 5.41) is 13.8. The van der Waals surface area contributed by atoms with Crippen LogP contribution >= 0.6 is 0 Å². The zero-order chi connectivity index (χ0) is 20.6. The number of ether oxygens (including phenoxy) is 2. The van der Waals surface area contributed by atoms with Gasteiger partial charge in [-0.1, -0.05) is 32.6 Å². The monoisotopic (exact) mass is 404 g/mol. The Balaban J connectivity index is 1.64. The van der Waals surface area contributed by atoms with Crippen molar-refractivity contribution in [3.8, 4) is 11.5 Å². The number of unbranched alkanes of at least 4 members (excludes halogenated alkanes) is 4. The average molecular weight is 405 g/mol. The van der Waals surface area contributed by atoms with Crippen LogP contribution in [0.3, 0.4) is 0 Å². The van der Waals surface area contributed by atoms with E-state index in [-0.39, 0.29) is 18.5 Å². The van der Waals surface area contributed by atoms with Crippen molar-refractivity contribution in [1.82, 2.24) is 10.2 Å². The van der Waals surface area contributed by atoms with Crippen LogP contribution in [0, 0.1) is 0 Å². The topological polar surface area (TPSA) is 71.0 Å². The predicted octanol–water partition coefficient (Wildman–Crippen LogP) is 3.73. The Morgan fingerprint density at radius 2 is 1.93 bits per heavy atom. The largest absolute Gasteiger partial charge is 0.486 e. The molecule has 6 heteroatoms. The summed E-state index contributed by atoms with van der Waals surface area (Å²) in [6.07, 6.45) is 7.56. The smallest absolute Gasteiger partial charge is 0.220 e. The third-order valence-corrected chi connectivity index (χ3v) is 5.99. The van der Waals surface area contributed by atoms with Gasteiger partial charge in [-0.15, -0.1) is 0 Å². The molecule has 162 valence electrons. The quantitative estimate of drug-likeness (QED) is 0.582. The van der Waals surface area contributed by atoms with Crippen LogP contribution in [0.2, 0.25) is 0 Å². The van der Waals surface area contributed by atoms with Crippen LogP contribution in [-0.2, 0) is 4.79 Å². The van der Waals surface area contributed by atoms with Crippen LogP contribution < -0.4 is 14.8 Å². The van der Waals surface area contributed by atoms with Crippen LogP contribution in [0.25, 0.3) is 0 Å². The molecule has 3 rings (SSSR count). The van der Waals surface area contributed by atoms with Crippen molar-refractivity contribution in [3.05, 3.63) is 23.3 Å². The van der Waals surface area contributed by atoms with Gasteiger partial charge in [0.25, 0.3) is 0 Å². The molecule has 1 saturated heterocycles. The van der Waals surface area contributed by atoms with Crippen LogP contribution in [0.15, 0.2) is 12.1 Å². The number of aliphatic hydroxyl groups is 1. The molecule has 2 N–H and O–H groups in total. The van der Waals surface area contributed by atoms with Crippen LogP contribution in [-0.4, -0.2) is 49.3 Å². The van der Waals surface area contributed by atoms with E-state index in [0.717, 1.165) is 49.1 Å². The number of benzene rings is 1. The van der Waals surface area contributed by atoms with Crippen molar-refractivity contribution in [3.63, 3.8) is 0 Å². The van der Waals surface area contributed by atoms with E-state index in [2.05, 4.69) is 24.2 Å². The molecule has 1 aromatic carbocycles. The summed E-state index contributed by atoms with van der Waals surface area (Å²) in [6.45, 7) is 4.51. The predicted molar refractivity (Wildman–Crippen MR) is 113 cm³/mol. The van der Waals surface area contributed by atoms with Crippen molar-refractivity contribution >= 4 is 5.91 Å². The SMILES string of the molecule is CCCCCCCC(=O)NC[C@H](O)c1cc2c(cc1C1CCCN1C)OCCO2. The lowest BCUT2D eigenvalue weighted by molar-refractivity contribution is -0.121. The zero-order valence-electron chi connectivity index (χ0n) is 17.9. The first kappa shape index (κ1) is 21.9. The number of carbonyl (C=O) groups is 1. The molecule has 0 aromatic heterocycles. The Hall–Kier alpha value is -1.79. The molecule has 0 bridgehead atoms. The highest BCUT2D eigenvalue weighted by atomic mass is 16.6. The minimum absolute atomic E-state index is 0.0117. The van der Waals surface area contributed by atoms with Crippen LogP contribution in [0.4, 0.5) is 0 Å². The second-order valence-corrected chi connectivity index (χ2v) is 8.25. The van der Waals surface area contributed by atoms with Crippen molar-refractivity contribution in [2.45, 2.75) is 70.4 Å². The molecule has 2 atom stereocenters. The molecule has 1 amide bonds. The first-order chi connectivity index (χ1) is 14.1. The van der Waals surface area contributed by atoms with Gasteiger partial charge in [0.05, 0.1) is 6.10 Å². The van der Waals surface area contributed by atoms with Gasteiger partial charge in [0.15, 0.2) is 11.5 Å². The third kappa shape index (κ3) is 5.86. The molecule has 2 heterocycles. The Kier molecular flexibility index (Phi) is 8.19. The first-order valence-electron chi connectivity index (χ1n) is 11.2. The highest BCUT2D eigenvalue weighted by Gasteiger charge is 2.29. The highest BCUT2D eigenvalue weighted by Crippen LogP contribution is 2.41. The van der Waals surface area contributed by atoms with Gasteiger partial charge in [0, 0.05) is 19.0 Å². The number of rotatable bonds is 10. The summed E-state index contributed by atoms with van der Waals surface area (Å²) >= 11 is 0. The molecule has 0 aliphatic carbocycles. The summed E-state index contributed by atoms with van der Waals surface area (Å²) < 4.78 is 11.5. The molecule has 1 aromatic rings. The number of fused-ring (bicyclic) bond motifs is 1. The summed E-state index contributed by atoms with van der Waals surface area (Å²) in [5.74, 6) is 1.44. The lowest BCUT2D eigenvalue weighted by Gasteiger charge is -2.28. The molecule has 29 heavy (non-hydrogen) atoms. The second kappa shape index (κ2) is 10.8. The Bertz CT molecular complexity index is 679. The zero-order valence-corrected chi connectivity index (χ0v) is 17.9. The standard InChI is InChI=1S/C23H36N2O4/c1-3-4-5-6-7-10-23(27)24-16-20(26)18-15-22-21(28-12-13-29-22)14-17(18)19-9-8-11-25(19)2/h14-15,19-20,26H,3-13,16H2,1-2H3,(H,24,27)/t19?,20-/m0/s1. The minimum atomic E-state index is -0.765. The van der Waals surface area contributed by atoms with E-state index in [4.69, 9.17) is 9.47 Å². The van der Waals surface area contributed by atoms with E-state index >= 15 is 0 Å². The van der Waals surface area contributed by atoms with E-state index in [1.165, 1.54) is 19.3 Å². The Labute approximate surface area is 174 Å². The fourth-order valence-electron chi connectivity index (χ4n) is 4.30. The lowest BCUT2D eigenvalue weighted by Crippen LogP contribution is -2.29. The average Bonchev–Trinajstić information content (AvgIpc) is 3.16. The first-order valence-corrected chi connectivity index (χ1v) is 11.2. The summed E-state index contributed by atoms with van der Waals surface area (Å²) in [7, 11) is 2.12. The van der Waals surface area contributed by atoms with E-state index in [0.29, 0.717) is 25.4 Å². The lowest BCUT2D eigenvalue weighted by atomic mass is 9.94. The summed E-state index contributed by atoms with van der Waals surface area (Å²) in [4.78, 5) is 14.5. The van der Waals surface area contributed by atoms with Crippen LogP contribution in [0.1, 0.15) is 81.6 Å². The van der Waals surface area contributed by atoms with E-state index < -0.39 is 6.10 Å². The van der Waals surface area contributed by atoms with Crippen molar-refractivity contribution in [2.24, 2.45) is 0 Å². The number of nitrogens with zero attached hydrogens (tertiary/aromatic N) is 1. The van der Waals surface area contributed by atoms with Crippen molar-refractivity contribution in [1.29, 1.82) is 0 Å². The Morgan fingerprint density at radius 3 is 2.62 bits per heavy atom. The second-order valence-electron chi connectivity index (χ2n) is 8.25. The normalized spacial score (nSPS) is 19.9. The number of aliphatic hydroxyl groups excluding tert-OH is 1. The molecule has 0 spiro atoms. The molecule has 0 saturated carbocycles. The Morgan fingerprint density at radius 1 is 1.21 bits per heavy atom. The minimum Gasteiger partial charge on any atom is -0.486 e. The summed E-state index contributed by atoms with van der Waals surface area (Å²) in [5.41, 5.74) is 1.91. The van der Waals surface area contributed by atoms with E-state index in [1.807, 2.05) is 12.1 Å². The molecule has 0 radical (unpaired) electrons. The molecule has 1 fully saturated rings. The van der Waals surface area contributed by atoms with Gasteiger partial charge in [0.2, 0.25) is 5.91 Å². The maximum Gasteiger partial charge on any atom is 0.220 e. The van der Waals surface area contributed by atoms with Gasteiger partial charge in [-0.05, 0) is 56.1 Å². The third-order valence-electron chi connectivity index (χ3n) is 5.99. The fraction of sp³-hybridized carbons (Fsp3) is 0.696. The molecule has 6 nitrogen and oxygen atoms in total. The number of likely N-dealkylation sites (tertiary alicyclic amines) is 1.